The van der Waals surface area contributed by atoms with Crippen LogP contribution in [0.25, 0.3) is 0 Å². The molecule has 0 aromatic heterocycles. The van der Waals surface area contributed by atoms with Gasteiger partial charge in [0.15, 0.2) is 11.5 Å². The van der Waals surface area contributed by atoms with Crippen LogP contribution in [0.3, 0.4) is 0 Å². The summed E-state index contributed by atoms with van der Waals surface area (Å²) >= 11 is 6.26. The molecule has 0 unspecified atom stereocenters. The highest BCUT2D eigenvalue weighted by atomic mass is 35.5. The van der Waals surface area contributed by atoms with E-state index in [4.69, 9.17) is 30.5 Å². The Labute approximate surface area is 226 Å². The van der Waals surface area contributed by atoms with Gasteiger partial charge in [-0.05, 0) is 55.5 Å². The average molecular weight is 530 g/mol. The van der Waals surface area contributed by atoms with Gasteiger partial charge >= 0.3 is 0 Å². The van der Waals surface area contributed by atoms with Crippen LogP contribution in [0.2, 0.25) is 5.02 Å². The first kappa shape index (κ1) is 26.4. The molecular weight excluding hydrogens is 490 g/mol. The van der Waals surface area contributed by atoms with Crippen molar-refractivity contribution in [1.82, 2.24) is 9.80 Å². The molecule has 3 fully saturated rings. The van der Waals surface area contributed by atoms with Gasteiger partial charge in [0, 0.05) is 63.1 Å². The van der Waals surface area contributed by atoms with Gasteiger partial charge in [-0.15, -0.1) is 0 Å². The van der Waals surface area contributed by atoms with Gasteiger partial charge in [0.25, 0.3) is 0 Å². The highest BCUT2D eigenvalue weighted by Crippen LogP contribution is 2.40. The second kappa shape index (κ2) is 12.6. The maximum absolute atomic E-state index is 6.26. The zero-order valence-electron chi connectivity index (χ0n) is 22.2. The smallest absolute Gasteiger partial charge is 0.161 e. The Morgan fingerprint density at radius 3 is 2.57 bits per heavy atom. The number of hydrogen-bond donors (Lipinski definition) is 0. The molecule has 0 bridgehead atoms. The van der Waals surface area contributed by atoms with Gasteiger partial charge < -0.3 is 23.8 Å². The number of halogens is 1. The van der Waals surface area contributed by atoms with Crippen molar-refractivity contribution in [2.75, 3.05) is 78.2 Å². The zero-order valence-corrected chi connectivity index (χ0v) is 22.9. The summed E-state index contributed by atoms with van der Waals surface area (Å²) in [5.41, 5.74) is 2.50. The second-order valence-corrected chi connectivity index (χ2v) is 10.6. The van der Waals surface area contributed by atoms with Gasteiger partial charge in [0.05, 0.1) is 39.1 Å². The fourth-order valence-corrected chi connectivity index (χ4v) is 6.19. The third-order valence-corrected chi connectivity index (χ3v) is 8.31. The predicted octanol–water partition coefficient (Wildman–Crippen LogP) is 4.87. The second-order valence-electron chi connectivity index (χ2n) is 10.2. The van der Waals surface area contributed by atoms with Crippen molar-refractivity contribution in [1.29, 1.82) is 0 Å². The SMILES string of the molecule is COc1cc(N2CCN3[C@@H](CCC[C@@H]3c3ccc(OCCCN4CCOCC4)c(OC)c3)C2)ccc1Cl. The first-order valence-electron chi connectivity index (χ1n) is 13.6. The maximum Gasteiger partial charge on any atom is 0.161 e. The molecule has 2 aromatic carbocycles. The summed E-state index contributed by atoms with van der Waals surface area (Å²) in [5, 5.41) is 0.654. The van der Waals surface area contributed by atoms with Crippen LogP contribution in [-0.2, 0) is 4.74 Å². The normalized spacial score (nSPS) is 22.9. The summed E-state index contributed by atoms with van der Waals surface area (Å²) in [6.07, 6.45) is 4.62. The van der Waals surface area contributed by atoms with E-state index in [1.807, 2.05) is 6.07 Å². The molecule has 3 saturated heterocycles. The molecule has 2 aromatic rings. The van der Waals surface area contributed by atoms with Crippen LogP contribution in [0.15, 0.2) is 36.4 Å². The van der Waals surface area contributed by atoms with Crippen LogP contribution in [0.5, 0.6) is 17.2 Å². The van der Waals surface area contributed by atoms with Gasteiger partial charge in [0.2, 0.25) is 0 Å². The number of piperidine rings is 1. The monoisotopic (exact) mass is 529 g/mol. The topological polar surface area (TPSA) is 46.6 Å². The minimum Gasteiger partial charge on any atom is -0.495 e. The molecule has 3 aliphatic rings. The molecule has 0 radical (unpaired) electrons. The number of ether oxygens (including phenoxy) is 4. The van der Waals surface area contributed by atoms with Crippen LogP contribution in [0, 0.1) is 0 Å². The van der Waals surface area contributed by atoms with E-state index in [1.165, 1.54) is 30.5 Å². The Balaban J connectivity index is 1.20. The lowest BCUT2D eigenvalue weighted by atomic mass is 9.89. The predicted molar refractivity (Wildman–Crippen MR) is 148 cm³/mol. The molecule has 3 aliphatic heterocycles. The van der Waals surface area contributed by atoms with Gasteiger partial charge in [-0.1, -0.05) is 17.7 Å². The lowest BCUT2D eigenvalue weighted by Crippen LogP contribution is -2.55. The van der Waals surface area contributed by atoms with Gasteiger partial charge in [0.1, 0.15) is 5.75 Å². The minimum atomic E-state index is 0.407. The number of morpholine rings is 1. The van der Waals surface area contributed by atoms with Crippen LogP contribution < -0.4 is 19.1 Å². The third kappa shape index (κ3) is 6.28. The summed E-state index contributed by atoms with van der Waals surface area (Å²) < 4.78 is 22.8. The quantitative estimate of drug-likeness (QED) is 0.429. The number of hydrogen-bond acceptors (Lipinski definition) is 7. The number of fused-ring (bicyclic) bond motifs is 1. The van der Waals surface area contributed by atoms with E-state index in [9.17, 15) is 0 Å². The lowest BCUT2D eigenvalue weighted by Gasteiger charge is -2.49. The summed E-state index contributed by atoms with van der Waals surface area (Å²) in [6, 6.07) is 13.6. The van der Waals surface area contributed by atoms with Crippen molar-refractivity contribution < 1.29 is 18.9 Å². The first-order chi connectivity index (χ1) is 18.2. The van der Waals surface area contributed by atoms with Crippen LogP contribution in [0.1, 0.15) is 37.3 Å². The Kier molecular flexibility index (Phi) is 8.98. The van der Waals surface area contributed by atoms with Crippen LogP contribution in [-0.4, -0.2) is 89.2 Å². The fraction of sp³-hybridized carbons (Fsp3) is 0.586. The van der Waals surface area contributed by atoms with Crippen molar-refractivity contribution in [2.45, 2.75) is 37.8 Å². The van der Waals surface area contributed by atoms with E-state index < -0.39 is 0 Å². The van der Waals surface area contributed by atoms with Crippen molar-refractivity contribution in [3.8, 4) is 17.2 Å². The average Bonchev–Trinajstić information content (AvgIpc) is 2.95. The molecule has 7 nitrogen and oxygen atoms in total. The highest BCUT2D eigenvalue weighted by molar-refractivity contribution is 6.32. The molecule has 0 amide bonds. The molecule has 202 valence electrons. The standard InChI is InChI=1S/C29H40ClN3O4/c1-34-28-20-23(8-9-25(28)30)32-12-13-33-24(21-32)5-3-6-26(33)22-7-10-27(29(19-22)35-2)37-16-4-11-31-14-17-36-18-15-31/h7-10,19-20,24,26H,3-6,11-18,21H2,1-2H3/t24-,26+/m0/s1. The van der Waals surface area contributed by atoms with Crippen LogP contribution >= 0.6 is 11.6 Å². The van der Waals surface area contributed by atoms with Crippen molar-refractivity contribution in [2.24, 2.45) is 0 Å². The summed E-state index contributed by atoms with van der Waals surface area (Å²) in [6.45, 7) is 8.47. The van der Waals surface area contributed by atoms with E-state index in [0.717, 1.165) is 76.2 Å². The minimum absolute atomic E-state index is 0.407. The third-order valence-electron chi connectivity index (χ3n) is 8.00. The molecule has 2 atom stereocenters. The Bertz CT molecular complexity index is 1030. The molecule has 5 rings (SSSR count). The summed E-state index contributed by atoms with van der Waals surface area (Å²) in [7, 11) is 3.41. The van der Waals surface area contributed by atoms with Crippen molar-refractivity contribution >= 4 is 17.3 Å². The highest BCUT2D eigenvalue weighted by Gasteiger charge is 2.36. The molecule has 0 aliphatic carbocycles. The zero-order chi connectivity index (χ0) is 25.6. The number of rotatable bonds is 9. The van der Waals surface area contributed by atoms with Gasteiger partial charge in [-0.3, -0.25) is 9.80 Å². The van der Waals surface area contributed by atoms with Crippen LogP contribution in [0.4, 0.5) is 5.69 Å². The van der Waals surface area contributed by atoms with E-state index in [2.05, 4.69) is 45.0 Å². The number of benzene rings is 2. The molecule has 0 spiro atoms. The van der Waals surface area contributed by atoms with E-state index in [-0.39, 0.29) is 0 Å². The Morgan fingerprint density at radius 1 is 0.919 bits per heavy atom. The maximum atomic E-state index is 6.26. The lowest BCUT2D eigenvalue weighted by molar-refractivity contribution is 0.0357. The molecule has 0 saturated carbocycles. The number of piperazine rings is 1. The van der Waals surface area contributed by atoms with Crippen molar-refractivity contribution in [3.63, 3.8) is 0 Å². The summed E-state index contributed by atoms with van der Waals surface area (Å²) in [4.78, 5) is 7.61. The Hall–Kier alpha value is -2.19. The molecular formula is C29H40ClN3O4. The molecule has 3 heterocycles. The molecule has 0 N–H and O–H groups in total. The molecule has 37 heavy (non-hydrogen) atoms. The van der Waals surface area contributed by atoms with E-state index in [1.54, 1.807) is 14.2 Å². The molecule has 8 heteroatoms. The van der Waals surface area contributed by atoms with E-state index >= 15 is 0 Å². The van der Waals surface area contributed by atoms with E-state index in [0.29, 0.717) is 23.7 Å². The number of methoxy groups -OCH3 is 2. The fourth-order valence-electron chi connectivity index (χ4n) is 5.99. The first-order valence-corrected chi connectivity index (χ1v) is 14.0. The van der Waals surface area contributed by atoms with Gasteiger partial charge in [-0.2, -0.15) is 0 Å². The summed E-state index contributed by atoms with van der Waals surface area (Å²) in [5.74, 6) is 2.40. The number of nitrogens with zero attached hydrogens (tertiary/aromatic N) is 3. The van der Waals surface area contributed by atoms with Crippen molar-refractivity contribution in [3.05, 3.63) is 47.0 Å². The van der Waals surface area contributed by atoms with Gasteiger partial charge in [-0.25, -0.2) is 0 Å². The number of anilines is 1. The largest absolute Gasteiger partial charge is 0.495 e. The Morgan fingerprint density at radius 2 is 1.76 bits per heavy atom.